The number of benzene rings is 1. The molecule has 4 aliphatic rings. The number of nitrogens with zero attached hydrogens (tertiary/aromatic N) is 2. The number of carbonyl (C=O) groups is 3. The topological polar surface area (TPSA) is 135 Å². The first-order valence-electron chi connectivity index (χ1n) is 12.3. The van der Waals surface area contributed by atoms with Crippen molar-refractivity contribution in [3.63, 3.8) is 0 Å². The molecule has 3 atom stereocenters. The molecule has 192 valence electrons. The van der Waals surface area contributed by atoms with Crippen LogP contribution in [0.1, 0.15) is 32.3 Å². The van der Waals surface area contributed by atoms with Crippen LogP contribution in [0, 0.1) is 17.2 Å². The lowest BCUT2D eigenvalue weighted by Gasteiger charge is -2.55. The quantitative estimate of drug-likeness (QED) is 0.537. The van der Waals surface area contributed by atoms with Crippen LogP contribution in [0.15, 0.2) is 10.6 Å². The largest absolute Gasteiger partial charge is 0.381 e. The Balaban J connectivity index is 1.45. The Morgan fingerprint density at radius 2 is 1.92 bits per heavy atom. The number of hydrogen-bond donors (Lipinski definition) is 3. The molecule has 2 aromatic rings. The van der Waals surface area contributed by atoms with Crippen LogP contribution in [0.2, 0.25) is 0 Å². The standard InChI is InChI=1S/C24H28FN5O6/c1-11-10-30-17-14(8-24(19(30)12(2)35-11)21(31)27-23(33)28-22(24)32)7-15-18(16(17)25)36-29-20(15)26-9-13-3-5-34-6-4-13/h7,11-13,19H,3-6,8-10H2,1-2H3,(H,26,29)(H2,27,28,31,32,33)/t11-,12+,19-/m0/s1. The van der Waals surface area contributed by atoms with Gasteiger partial charge in [0.1, 0.15) is 0 Å². The highest BCUT2D eigenvalue weighted by molar-refractivity contribution is 6.20. The van der Waals surface area contributed by atoms with Crippen LogP contribution in [-0.4, -0.2) is 67.6 Å². The zero-order chi connectivity index (χ0) is 25.2. The fourth-order valence-corrected chi connectivity index (χ4v) is 6.27. The number of barbiturate groups is 1. The Kier molecular flexibility index (Phi) is 5.41. The van der Waals surface area contributed by atoms with E-state index in [1.165, 1.54) is 0 Å². The molecule has 3 N–H and O–H groups in total. The van der Waals surface area contributed by atoms with Crippen LogP contribution < -0.4 is 20.9 Å². The van der Waals surface area contributed by atoms with E-state index in [1.54, 1.807) is 17.9 Å². The molecule has 4 aliphatic heterocycles. The number of halogens is 1. The number of hydrogen-bond acceptors (Lipinski definition) is 9. The molecule has 0 aliphatic carbocycles. The lowest BCUT2D eigenvalue weighted by molar-refractivity contribution is -0.153. The second-order valence-corrected chi connectivity index (χ2v) is 10.2. The third-order valence-electron chi connectivity index (χ3n) is 7.86. The van der Waals surface area contributed by atoms with Gasteiger partial charge in [0.25, 0.3) is 0 Å². The first kappa shape index (κ1) is 23.2. The summed E-state index contributed by atoms with van der Waals surface area (Å²) in [4.78, 5) is 40.2. The van der Waals surface area contributed by atoms with Crippen molar-refractivity contribution in [2.75, 3.05) is 36.5 Å². The van der Waals surface area contributed by atoms with Crippen LogP contribution >= 0.6 is 0 Å². The molecule has 0 bridgehead atoms. The van der Waals surface area contributed by atoms with Crippen molar-refractivity contribution in [3.8, 4) is 0 Å². The molecule has 36 heavy (non-hydrogen) atoms. The van der Waals surface area contributed by atoms with E-state index in [1.807, 2.05) is 6.92 Å². The molecule has 1 spiro atoms. The second-order valence-electron chi connectivity index (χ2n) is 10.2. The Bertz CT molecular complexity index is 1240. The number of fused-ring (bicyclic) bond motifs is 5. The van der Waals surface area contributed by atoms with E-state index in [4.69, 9.17) is 14.0 Å². The molecule has 6 rings (SSSR count). The first-order chi connectivity index (χ1) is 17.3. The summed E-state index contributed by atoms with van der Waals surface area (Å²) in [6.45, 7) is 5.91. The maximum Gasteiger partial charge on any atom is 0.328 e. The number of carbonyl (C=O) groups excluding carboxylic acids is 3. The molecule has 1 aromatic heterocycles. The molecule has 11 nitrogen and oxygen atoms in total. The third-order valence-corrected chi connectivity index (χ3v) is 7.86. The lowest BCUT2D eigenvalue weighted by atomic mass is 9.66. The lowest BCUT2D eigenvalue weighted by Crippen LogP contribution is -2.75. The van der Waals surface area contributed by atoms with E-state index in [0.29, 0.717) is 42.4 Å². The van der Waals surface area contributed by atoms with Crippen LogP contribution in [0.5, 0.6) is 0 Å². The van der Waals surface area contributed by atoms with Crippen molar-refractivity contribution < 1.29 is 32.8 Å². The molecule has 12 heteroatoms. The SMILES string of the molecule is C[C@H]1CN2c3c(cc4c(NCC5CCOCC5)noc4c3F)CC3(C(=O)NC(=O)NC3=O)[C@@H]2[C@@H](C)O1. The van der Waals surface area contributed by atoms with Crippen LogP contribution in [0.3, 0.4) is 0 Å². The minimum atomic E-state index is -1.67. The highest BCUT2D eigenvalue weighted by atomic mass is 19.1. The number of nitrogens with one attached hydrogen (secondary N) is 3. The van der Waals surface area contributed by atoms with Crippen molar-refractivity contribution in [1.82, 2.24) is 15.8 Å². The molecule has 3 saturated heterocycles. The molecule has 0 saturated carbocycles. The summed E-state index contributed by atoms with van der Waals surface area (Å²) in [7, 11) is 0. The first-order valence-corrected chi connectivity index (χ1v) is 12.3. The molecule has 1 aromatic carbocycles. The van der Waals surface area contributed by atoms with Gasteiger partial charge in [-0.3, -0.25) is 20.2 Å². The van der Waals surface area contributed by atoms with Crippen molar-refractivity contribution in [1.29, 1.82) is 0 Å². The minimum Gasteiger partial charge on any atom is -0.381 e. The van der Waals surface area contributed by atoms with Gasteiger partial charge in [-0.2, -0.15) is 0 Å². The number of anilines is 2. The minimum absolute atomic E-state index is 0.0115. The number of ether oxygens (including phenoxy) is 2. The van der Waals surface area contributed by atoms with Crippen molar-refractivity contribution in [2.24, 2.45) is 11.3 Å². The van der Waals surface area contributed by atoms with Gasteiger partial charge in [-0.05, 0) is 44.2 Å². The van der Waals surface area contributed by atoms with E-state index < -0.39 is 41.2 Å². The van der Waals surface area contributed by atoms with Gasteiger partial charge in [-0.1, -0.05) is 5.16 Å². The molecular weight excluding hydrogens is 473 g/mol. The average molecular weight is 502 g/mol. The molecule has 0 radical (unpaired) electrons. The summed E-state index contributed by atoms with van der Waals surface area (Å²) in [5, 5.41) is 12.3. The van der Waals surface area contributed by atoms with E-state index in [9.17, 15) is 14.4 Å². The number of amides is 4. The molecule has 5 heterocycles. The number of rotatable bonds is 3. The van der Waals surface area contributed by atoms with Gasteiger partial charge in [0.05, 0.1) is 29.3 Å². The zero-order valence-electron chi connectivity index (χ0n) is 20.1. The summed E-state index contributed by atoms with van der Waals surface area (Å²) in [6, 6.07) is 0.0392. The summed E-state index contributed by atoms with van der Waals surface area (Å²) in [5.74, 6) is -1.22. The van der Waals surface area contributed by atoms with E-state index >= 15 is 4.39 Å². The second kappa shape index (κ2) is 8.41. The zero-order valence-corrected chi connectivity index (χ0v) is 20.1. The van der Waals surface area contributed by atoms with Gasteiger partial charge in [0, 0.05) is 32.7 Å². The van der Waals surface area contributed by atoms with Crippen LogP contribution in [0.25, 0.3) is 11.0 Å². The smallest absolute Gasteiger partial charge is 0.328 e. The van der Waals surface area contributed by atoms with E-state index in [2.05, 4.69) is 21.1 Å². The van der Waals surface area contributed by atoms with Gasteiger partial charge in [0.2, 0.25) is 17.4 Å². The molecule has 0 unspecified atom stereocenters. The monoisotopic (exact) mass is 501 g/mol. The maximum atomic E-state index is 16.1. The summed E-state index contributed by atoms with van der Waals surface area (Å²) >= 11 is 0. The molecule has 4 amide bonds. The summed E-state index contributed by atoms with van der Waals surface area (Å²) in [6.07, 6.45) is 0.873. The fraction of sp³-hybridized carbons (Fsp3) is 0.583. The van der Waals surface area contributed by atoms with Gasteiger partial charge >= 0.3 is 6.03 Å². The predicted octanol–water partition coefficient (Wildman–Crippen LogP) is 1.70. The number of imide groups is 2. The Labute approximate surface area is 206 Å². The van der Waals surface area contributed by atoms with Crippen LogP contribution in [-0.2, 0) is 25.5 Å². The van der Waals surface area contributed by atoms with Gasteiger partial charge < -0.3 is 24.2 Å². The normalized spacial score (nSPS) is 28.0. The number of aromatic nitrogens is 1. The Morgan fingerprint density at radius 3 is 2.64 bits per heavy atom. The third kappa shape index (κ3) is 3.38. The highest BCUT2D eigenvalue weighted by Gasteiger charge is 2.63. The Morgan fingerprint density at radius 1 is 1.19 bits per heavy atom. The van der Waals surface area contributed by atoms with Gasteiger partial charge in [0.15, 0.2) is 17.1 Å². The van der Waals surface area contributed by atoms with Gasteiger partial charge in [-0.25, -0.2) is 9.18 Å². The maximum absolute atomic E-state index is 16.1. The average Bonchev–Trinajstić information content (AvgIpc) is 3.24. The molecule has 3 fully saturated rings. The highest BCUT2D eigenvalue weighted by Crippen LogP contribution is 2.49. The number of urea groups is 1. The predicted molar refractivity (Wildman–Crippen MR) is 125 cm³/mol. The fourth-order valence-electron chi connectivity index (χ4n) is 6.27. The Hall–Kier alpha value is -3.25. The van der Waals surface area contributed by atoms with Crippen molar-refractivity contribution in [2.45, 2.75) is 51.4 Å². The summed E-state index contributed by atoms with van der Waals surface area (Å²) in [5.41, 5.74) is -0.926. The summed E-state index contributed by atoms with van der Waals surface area (Å²) < 4.78 is 32.9. The van der Waals surface area contributed by atoms with Gasteiger partial charge in [-0.15, -0.1) is 0 Å². The van der Waals surface area contributed by atoms with Crippen molar-refractivity contribution >= 4 is 40.3 Å². The molecular formula is C24H28FN5O6. The van der Waals surface area contributed by atoms with E-state index in [0.717, 1.165) is 12.8 Å². The van der Waals surface area contributed by atoms with E-state index in [-0.39, 0.29) is 30.3 Å². The number of morpholine rings is 1. The van der Waals surface area contributed by atoms with Crippen LogP contribution in [0.4, 0.5) is 20.7 Å². The van der Waals surface area contributed by atoms with Crippen molar-refractivity contribution in [3.05, 3.63) is 17.4 Å².